The molecule has 1 aliphatic carbocycles. The second-order valence-electron chi connectivity index (χ2n) is 8.61. The van der Waals surface area contributed by atoms with Crippen LogP contribution in [0, 0.1) is 23.2 Å². The molecule has 1 saturated carbocycles. The lowest BCUT2D eigenvalue weighted by atomic mass is 9.94. The number of ether oxygens (including phenoxy) is 1. The highest BCUT2D eigenvalue weighted by Crippen LogP contribution is 2.60. The van der Waals surface area contributed by atoms with Gasteiger partial charge < -0.3 is 14.5 Å². The topological polar surface area (TPSA) is 49.9 Å². The summed E-state index contributed by atoms with van der Waals surface area (Å²) < 4.78 is 5.32. The van der Waals surface area contributed by atoms with E-state index < -0.39 is 0 Å². The molecule has 2 saturated heterocycles. The van der Waals surface area contributed by atoms with Crippen molar-refractivity contribution in [3.63, 3.8) is 0 Å². The molecule has 2 aliphatic heterocycles. The highest BCUT2D eigenvalue weighted by atomic mass is 16.5. The SMILES string of the molecule is CC(C)=CC1C(C(=O)N2CCC(C(=O)N3CCOCC3)CC2)C1(C)C. The van der Waals surface area contributed by atoms with Gasteiger partial charge in [-0.15, -0.1) is 0 Å². The Kier molecular flexibility index (Phi) is 5.24. The molecule has 0 bridgehead atoms. The first-order valence-electron chi connectivity index (χ1n) is 9.62. The van der Waals surface area contributed by atoms with Crippen LogP contribution in [0.3, 0.4) is 0 Å². The monoisotopic (exact) mass is 348 g/mol. The van der Waals surface area contributed by atoms with Crippen molar-refractivity contribution < 1.29 is 14.3 Å². The third-order valence-electron chi connectivity index (χ3n) is 6.17. The number of likely N-dealkylation sites (tertiary alicyclic amines) is 1. The summed E-state index contributed by atoms with van der Waals surface area (Å²) in [5.41, 5.74) is 1.35. The lowest BCUT2D eigenvalue weighted by Gasteiger charge is -2.35. The van der Waals surface area contributed by atoms with Crippen LogP contribution in [0.2, 0.25) is 0 Å². The maximum Gasteiger partial charge on any atom is 0.226 e. The summed E-state index contributed by atoms with van der Waals surface area (Å²) >= 11 is 0. The number of allylic oxidation sites excluding steroid dienone is 2. The smallest absolute Gasteiger partial charge is 0.226 e. The van der Waals surface area contributed by atoms with Crippen LogP contribution in [0.25, 0.3) is 0 Å². The van der Waals surface area contributed by atoms with Gasteiger partial charge in [-0.2, -0.15) is 0 Å². The molecular formula is C20H32N2O3. The normalized spacial score (nSPS) is 29.3. The van der Waals surface area contributed by atoms with E-state index >= 15 is 0 Å². The highest BCUT2D eigenvalue weighted by Gasteiger charge is 2.61. The molecule has 2 unspecified atom stereocenters. The van der Waals surface area contributed by atoms with Crippen molar-refractivity contribution in [1.29, 1.82) is 0 Å². The fourth-order valence-corrected chi connectivity index (χ4v) is 4.40. The van der Waals surface area contributed by atoms with E-state index in [0.717, 1.165) is 12.8 Å². The zero-order chi connectivity index (χ0) is 18.2. The Bertz CT molecular complexity index is 551. The van der Waals surface area contributed by atoms with E-state index in [2.05, 4.69) is 33.8 Å². The van der Waals surface area contributed by atoms with Gasteiger partial charge in [-0.05, 0) is 38.0 Å². The van der Waals surface area contributed by atoms with Gasteiger partial charge in [0.1, 0.15) is 0 Å². The first-order chi connectivity index (χ1) is 11.8. The molecule has 2 atom stereocenters. The average Bonchev–Trinajstić information content (AvgIpc) is 3.14. The quantitative estimate of drug-likeness (QED) is 0.736. The molecule has 25 heavy (non-hydrogen) atoms. The van der Waals surface area contributed by atoms with Gasteiger partial charge in [0, 0.05) is 32.1 Å². The van der Waals surface area contributed by atoms with Gasteiger partial charge in [-0.25, -0.2) is 0 Å². The van der Waals surface area contributed by atoms with Crippen LogP contribution in [0.1, 0.15) is 40.5 Å². The molecular weight excluding hydrogens is 316 g/mol. The minimum atomic E-state index is 0.0643. The van der Waals surface area contributed by atoms with Gasteiger partial charge in [-0.1, -0.05) is 25.5 Å². The number of carbonyl (C=O) groups is 2. The van der Waals surface area contributed by atoms with E-state index in [9.17, 15) is 9.59 Å². The summed E-state index contributed by atoms with van der Waals surface area (Å²) in [4.78, 5) is 29.5. The first kappa shape index (κ1) is 18.4. The Morgan fingerprint density at radius 3 is 2.08 bits per heavy atom. The highest BCUT2D eigenvalue weighted by molar-refractivity contribution is 5.84. The van der Waals surface area contributed by atoms with Gasteiger partial charge in [-0.3, -0.25) is 9.59 Å². The number of morpholine rings is 1. The summed E-state index contributed by atoms with van der Waals surface area (Å²) in [5, 5.41) is 0. The summed E-state index contributed by atoms with van der Waals surface area (Å²) in [7, 11) is 0. The predicted octanol–water partition coefficient (Wildman–Crippen LogP) is 2.32. The third-order valence-corrected chi connectivity index (χ3v) is 6.17. The van der Waals surface area contributed by atoms with Crippen molar-refractivity contribution in [2.24, 2.45) is 23.2 Å². The van der Waals surface area contributed by atoms with Crippen molar-refractivity contribution in [2.45, 2.75) is 40.5 Å². The summed E-state index contributed by atoms with van der Waals surface area (Å²) in [5.74, 6) is 1.07. The van der Waals surface area contributed by atoms with Crippen LogP contribution in [0.15, 0.2) is 11.6 Å². The molecule has 0 aromatic rings. The van der Waals surface area contributed by atoms with Gasteiger partial charge >= 0.3 is 0 Å². The molecule has 0 aromatic carbocycles. The van der Waals surface area contributed by atoms with Crippen LogP contribution in [0.4, 0.5) is 0 Å². The first-order valence-corrected chi connectivity index (χ1v) is 9.62. The minimum absolute atomic E-state index is 0.0643. The average molecular weight is 348 g/mol. The molecule has 0 radical (unpaired) electrons. The molecule has 3 rings (SSSR count). The molecule has 3 fully saturated rings. The molecule has 5 heteroatoms. The molecule has 140 valence electrons. The molecule has 2 amide bonds. The van der Waals surface area contributed by atoms with E-state index in [1.54, 1.807) is 0 Å². The third kappa shape index (κ3) is 3.76. The van der Waals surface area contributed by atoms with E-state index in [0.29, 0.717) is 45.3 Å². The lowest BCUT2D eigenvalue weighted by molar-refractivity contribution is -0.144. The Morgan fingerprint density at radius 1 is 0.960 bits per heavy atom. The van der Waals surface area contributed by atoms with Crippen LogP contribution >= 0.6 is 0 Å². The Labute approximate surface area is 151 Å². The van der Waals surface area contributed by atoms with Gasteiger partial charge in [0.15, 0.2) is 0 Å². The largest absolute Gasteiger partial charge is 0.378 e. The standard InChI is InChI=1S/C20H32N2O3/c1-14(2)13-16-17(20(16,3)4)19(24)21-7-5-15(6-8-21)18(23)22-9-11-25-12-10-22/h13,15-17H,5-12H2,1-4H3. The van der Waals surface area contributed by atoms with Gasteiger partial charge in [0.25, 0.3) is 0 Å². The van der Waals surface area contributed by atoms with Crippen molar-refractivity contribution >= 4 is 11.8 Å². The van der Waals surface area contributed by atoms with E-state index in [1.807, 2.05) is 9.80 Å². The fourth-order valence-electron chi connectivity index (χ4n) is 4.40. The zero-order valence-electron chi connectivity index (χ0n) is 16.1. The molecule has 0 aromatic heterocycles. The van der Waals surface area contributed by atoms with E-state index in [4.69, 9.17) is 4.74 Å². The Morgan fingerprint density at radius 2 is 1.52 bits per heavy atom. The maximum atomic E-state index is 12.9. The van der Waals surface area contributed by atoms with Crippen molar-refractivity contribution in [2.75, 3.05) is 39.4 Å². The second-order valence-corrected chi connectivity index (χ2v) is 8.61. The maximum absolute atomic E-state index is 12.9. The number of nitrogens with zero attached hydrogens (tertiary/aromatic N) is 2. The Hall–Kier alpha value is -1.36. The molecule has 0 spiro atoms. The van der Waals surface area contributed by atoms with E-state index in [-0.39, 0.29) is 29.1 Å². The number of hydrogen-bond donors (Lipinski definition) is 0. The minimum Gasteiger partial charge on any atom is -0.378 e. The molecule has 3 aliphatic rings. The summed E-state index contributed by atoms with van der Waals surface area (Å²) in [6.45, 7) is 12.7. The number of piperidine rings is 1. The fraction of sp³-hybridized carbons (Fsp3) is 0.800. The summed E-state index contributed by atoms with van der Waals surface area (Å²) in [6.07, 6.45) is 3.84. The van der Waals surface area contributed by atoms with Crippen molar-refractivity contribution in [3.05, 3.63) is 11.6 Å². The Balaban J connectivity index is 1.53. The van der Waals surface area contributed by atoms with Crippen LogP contribution in [0.5, 0.6) is 0 Å². The van der Waals surface area contributed by atoms with Gasteiger partial charge in [0.2, 0.25) is 11.8 Å². The number of carbonyl (C=O) groups excluding carboxylic acids is 2. The van der Waals surface area contributed by atoms with Crippen LogP contribution < -0.4 is 0 Å². The molecule has 5 nitrogen and oxygen atoms in total. The summed E-state index contributed by atoms with van der Waals surface area (Å²) in [6, 6.07) is 0. The van der Waals surface area contributed by atoms with Gasteiger partial charge in [0.05, 0.1) is 19.1 Å². The van der Waals surface area contributed by atoms with Crippen LogP contribution in [-0.2, 0) is 14.3 Å². The predicted molar refractivity (Wildman–Crippen MR) is 96.9 cm³/mol. The zero-order valence-corrected chi connectivity index (χ0v) is 16.1. The van der Waals surface area contributed by atoms with Crippen LogP contribution in [-0.4, -0.2) is 61.0 Å². The second kappa shape index (κ2) is 7.10. The van der Waals surface area contributed by atoms with E-state index in [1.165, 1.54) is 5.57 Å². The molecule has 0 N–H and O–H groups in total. The number of rotatable bonds is 3. The van der Waals surface area contributed by atoms with Crippen molar-refractivity contribution in [1.82, 2.24) is 9.80 Å². The van der Waals surface area contributed by atoms with Crippen molar-refractivity contribution in [3.8, 4) is 0 Å². The molecule has 2 heterocycles. The lowest BCUT2D eigenvalue weighted by Crippen LogP contribution is -2.48. The number of hydrogen-bond acceptors (Lipinski definition) is 3. The number of amides is 2.